The molecule has 0 spiro atoms. The SMILES string of the molecule is CC1=C(c2ccc(CNC(=O)[C@@H]3CCCC3C(=O)[C@H](C(C)C)N3Cc4ccccc4C3=O)c(OCCOCCOCCCCCCI)c2)CC=N1. The number of nitrogens with zero attached hydrogens (tertiary/aromatic N) is 2. The van der Waals surface area contributed by atoms with E-state index < -0.39 is 17.9 Å². The summed E-state index contributed by atoms with van der Waals surface area (Å²) in [6.45, 7) is 9.32. The highest BCUT2D eigenvalue weighted by atomic mass is 127. The van der Waals surface area contributed by atoms with E-state index in [2.05, 4.69) is 39.0 Å². The third-order valence-electron chi connectivity index (χ3n) is 10.2. The average Bonchev–Trinajstić information content (AvgIpc) is 3.87. The maximum absolute atomic E-state index is 14.2. The van der Waals surface area contributed by atoms with E-state index in [1.54, 1.807) is 4.90 Å². The molecule has 1 unspecified atom stereocenters. The van der Waals surface area contributed by atoms with Crippen molar-refractivity contribution in [3.8, 4) is 5.75 Å². The van der Waals surface area contributed by atoms with E-state index in [-0.39, 0.29) is 30.1 Å². The molecule has 1 fully saturated rings. The summed E-state index contributed by atoms with van der Waals surface area (Å²) in [7, 11) is 0. The third kappa shape index (κ3) is 10.3. The Morgan fingerprint density at radius 2 is 1.71 bits per heavy atom. The molecule has 5 rings (SSSR count). The number of hydrogen-bond acceptors (Lipinski definition) is 7. The van der Waals surface area contributed by atoms with Gasteiger partial charge in [0.2, 0.25) is 5.91 Å². The van der Waals surface area contributed by atoms with Gasteiger partial charge in [-0.05, 0) is 71.8 Å². The lowest BCUT2D eigenvalue weighted by atomic mass is 9.83. The van der Waals surface area contributed by atoms with Crippen LogP contribution in [0.4, 0.5) is 0 Å². The number of allylic oxidation sites excluding steroid dienone is 2. The molecule has 276 valence electrons. The van der Waals surface area contributed by atoms with Crippen molar-refractivity contribution >= 4 is 52.0 Å². The molecule has 3 aliphatic rings. The molecule has 1 N–H and O–H groups in total. The van der Waals surface area contributed by atoms with E-state index in [1.807, 2.05) is 63.4 Å². The van der Waals surface area contributed by atoms with Gasteiger partial charge in [0.15, 0.2) is 5.78 Å². The number of amides is 2. The first kappa shape index (κ1) is 39.1. The molecule has 51 heavy (non-hydrogen) atoms. The summed E-state index contributed by atoms with van der Waals surface area (Å²) < 4.78 is 18.9. The molecular weight excluding hydrogens is 757 g/mol. The topological polar surface area (TPSA) is 107 Å². The van der Waals surface area contributed by atoms with Crippen molar-refractivity contribution in [2.45, 2.75) is 91.3 Å². The van der Waals surface area contributed by atoms with Gasteiger partial charge in [-0.2, -0.15) is 0 Å². The second-order valence-electron chi connectivity index (χ2n) is 14.1. The van der Waals surface area contributed by atoms with Gasteiger partial charge in [0.1, 0.15) is 12.4 Å². The highest BCUT2D eigenvalue weighted by Crippen LogP contribution is 2.37. The Hall–Kier alpha value is -3.09. The highest BCUT2D eigenvalue weighted by molar-refractivity contribution is 14.1. The number of halogens is 1. The lowest BCUT2D eigenvalue weighted by molar-refractivity contribution is -0.136. The Bertz CT molecular complexity index is 1570. The zero-order chi connectivity index (χ0) is 36.2. The number of fused-ring (bicyclic) bond motifs is 1. The molecule has 0 saturated heterocycles. The highest BCUT2D eigenvalue weighted by Gasteiger charge is 2.45. The Kier molecular flexibility index (Phi) is 15.1. The molecule has 2 aromatic rings. The van der Waals surface area contributed by atoms with Crippen molar-refractivity contribution in [1.29, 1.82) is 0 Å². The summed E-state index contributed by atoms with van der Waals surface area (Å²) in [6.07, 6.45) is 9.61. The average molecular weight is 812 g/mol. The molecule has 1 saturated carbocycles. The molecule has 2 amide bonds. The van der Waals surface area contributed by atoms with Crippen LogP contribution in [-0.2, 0) is 32.2 Å². The molecule has 2 heterocycles. The fraction of sp³-hybridized carbons (Fsp3) is 0.561. The molecule has 2 aliphatic heterocycles. The van der Waals surface area contributed by atoms with Gasteiger partial charge in [0.05, 0.1) is 25.9 Å². The smallest absolute Gasteiger partial charge is 0.255 e. The van der Waals surface area contributed by atoms with Crippen LogP contribution in [-0.4, -0.2) is 72.2 Å². The number of ketones is 1. The molecule has 0 radical (unpaired) electrons. The van der Waals surface area contributed by atoms with Crippen LogP contribution in [0.25, 0.3) is 5.57 Å². The minimum absolute atomic E-state index is 0.00304. The predicted octanol–water partition coefficient (Wildman–Crippen LogP) is 7.58. The van der Waals surface area contributed by atoms with Crippen LogP contribution in [0.15, 0.2) is 53.2 Å². The van der Waals surface area contributed by atoms with Crippen LogP contribution < -0.4 is 10.1 Å². The number of unbranched alkanes of at least 4 members (excludes halogenated alkanes) is 3. The van der Waals surface area contributed by atoms with Crippen molar-refractivity contribution in [2.75, 3.05) is 37.5 Å². The number of aliphatic imine (C=N–C) groups is 1. The third-order valence-corrected chi connectivity index (χ3v) is 11.0. The first-order chi connectivity index (χ1) is 24.8. The second-order valence-corrected chi connectivity index (χ2v) is 15.2. The van der Waals surface area contributed by atoms with Gasteiger partial charge >= 0.3 is 0 Å². The van der Waals surface area contributed by atoms with Crippen molar-refractivity contribution in [3.63, 3.8) is 0 Å². The van der Waals surface area contributed by atoms with E-state index in [1.165, 1.54) is 23.7 Å². The van der Waals surface area contributed by atoms with E-state index in [9.17, 15) is 14.4 Å². The molecule has 2 aromatic carbocycles. The van der Waals surface area contributed by atoms with E-state index in [0.29, 0.717) is 57.1 Å². The number of rotatable bonds is 21. The minimum Gasteiger partial charge on any atom is -0.491 e. The fourth-order valence-corrected chi connectivity index (χ4v) is 8.06. The van der Waals surface area contributed by atoms with Crippen molar-refractivity contribution in [3.05, 3.63) is 70.4 Å². The standard InChI is InChI=1S/C41H54IN3O6/c1-28(2)38(45-27-32-11-6-7-12-34(32)41(45)48)39(46)35-13-10-14-36(35)40(47)44-26-31-16-15-30(33-17-19-43-29(33)3)25-37(31)51-24-23-50-22-21-49-20-9-5-4-8-18-42/h6-7,11-12,15-16,19,25,28,35-36,38H,4-5,8-10,13-14,17-18,20-24,26-27H2,1-3H3,(H,44,47)/t35?,36-,38+/m1/s1. The van der Waals surface area contributed by atoms with Gasteiger partial charge in [-0.15, -0.1) is 0 Å². The number of ether oxygens (including phenoxy) is 3. The second kappa shape index (κ2) is 19.7. The van der Waals surface area contributed by atoms with Gasteiger partial charge in [-0.3, -0.25) is 19.4 Å². The number of alkyl halides is 1. The molecule has 0 bridgehead atoms. The summed E-state index contributed by atoms with van der Waals surface area (Å²) >= 11 is 2.42. The summed E-state index contributed by atoms with van der Waals surface area (Å²) in [4.78, 5) is 47.4. The minimum atomic E-state index is -0.572. The molecule has 3 atom stereocenters. The quantitative estimate of drug-likeness (QED) is 0.0792. The van der Waals surface area contributed by atoms with Gasteiger partial charge in [-0.1, -0.05) is 86.0 Å². The van der Waals surface area contributed by atoms with Crippen LogP contribution in [0.3, 0.4) is 0 Å². The number of Topliss-reactive ketones (excluding diaryl/α,β-unsaturated/α-hetero) is 1. The van der Waals surface area contributed by atoms with Gasteiger partial charge in [-0.25, -0.2) is 0 Å². The number of hydrogen-bond donors (Lipinski definition) is 1. The monoisotopic (exact) mass is 811 g/mol. The summed E-state index contributed by atoms with van der Waals surface area (Å²) in [5, 5.41) is 3.13. The van der Waals surface area contributed by atoms with Crippen LogP contribution in [0.2, 0.25) is 0 Å². The Morgan fingerprint density at radius 3 is 2.45 bits per heavy atom. The van der Waals surface area contributed by atoms with Crippen LogP contribution in [0.1, 0.15) is 99.2 Å². The number of nitrogens with one attached hydrogen (secondary N) is 1. The van der Waals surface area contributed by atoms with E-state index >= 15 is 0 Å². The van der Waals surface area contributed by atoms with Crippen molar-refractivity contribution in [2.24, 2.45) is 22.7 Å². The Balaban J connectivity index is 1.17. The zero-order valence-electron chi connectivity index (χ0n) is 30.5. The fourth-order valence-electron chi connectivity index (χ4n) is 7.52. The van der Waals surface area contributed by atoms with Crippen molar-refractivity contribution in [1.82, 2.24) is 10.2 Å². The number of carbonyl (C=O) groups is 3. The first-order valence-corrected chi connectivity index (χ1v) is 20.2. The van der Waals surface area contributed by atoms with E-state index in [0.717, 1.165) is 53.8 Å². The molecular formula is C41H54IN3O6. The van der Waals surface area contributed by atoms with Crippen LogP contribution in [0, 0.1) is 17.8 Å². The lowest BCUT2D eigenvalue weighted by Crippen LogP contribution is -2.49. The largest absolute Gasteiger partial charge is 0.491 e. The predicted molar refractivity (Wildman–Crippen MR) is 209 cm³/mol. The van der Waals surface area contributed by atoms with Crippen LogP contribution >= 0.6 is 22.6 Å². The maximum atomic E-state index is 14.2. The molecule has 0 aromatic heterocycles. The van der Waals surface area contributed by atoms with Gasteiger partial charge in [0.25, 0.3) is 5.91 Å². The number of benzene rings is 2. The molecule has 9 nitrogen and oxygen atoms in total. The Morgan fingerprint density at radius 1 is 0.961 bits per heavy atom. The molecule has 10 heteroatoms. The summed E-state index contributed by atoms with van der Waals surface area (Å²) in [5.41, 5.74) is 5.66. The zero-order valence-corrected chi connectivity index (χ0v) is 32.6. The Labute approximate surface area is 317 Å². The summed E-state index contributed by atoms with van der Waals surface area (Å²) in [5.74, 6) is -0.471. The van der Waals surface area contributed by atoms with Crippen LogP contribution in [0.5, 0.6) is 5.75 Å². The number of carbonyl (C=O) groups excluding carboxylic acids is 3. The normalized spacial score (nSPS) is 18.9. The van der Waals surface area contributed by atoms with Crippen molar-refractivity contribution < 1.29 is 28.6 Å². The first-order valence-electron chi connectivity index (χ1n) is 18.7. The van der Waals surface area contributed by atoms with Gasteiger partial charge in [0, 0.05) is 61.0 Å². The molecule has 1 aliphatic carbocycles. The summed E-state index contributed by atoms with van der Waals surface area (Å²) in [6, 6.07) is 13.1. The van der Waals surface area contributed by atoms with Gasteiger partial charge < -0.3 is 24.4 Å². The van der Waals surface area contributed by atoms with E-state index in [4.69, 9.17) is 14.2 Å². The lowest BCUT2D eigenvalue weighted by Gasteiger charge is -2.33. The maximum Gasteiger partial charge on any atom is 0.255 e.